The Morgan fingerprint density at radius 3 is 2.71 bits per heavy atom. The van der Waals surface area contributed by atoms with Crippen LogP contribution in [0.4, 0.5) is 0 Å². The fourth-order valence-electron chi connectivity index (χ4n) is 2.52. The van der Waals surface area contributed by atoms with E-state index in [2.05, 4.69) is 36.1 Å². The minimum Gasteiger partial charge on any atom is -0.391 e. The van der Waals surface area contributed by atoms with Crippen molar-refractivity contribution in [3.63, 3.8) is 0 Å². The van der Waals surface area contributed by atoms with E-state index in [1.165, 1.54) is 12.0 Å². The highest BCUT2D eigenvalue weighted by Crippen LogP contribution is 2.25. The monoisotopic (exact) mass is 233 g/mol. The topological polar surface area (TPSA) is 23.5 Å². The van der Waals surface area contributed by atoms with Crippen LogP contribution in [-0.2, 0) is 6.54 Å². The van der Waals surface area contributed by atoms with Crippen molar-refractivity contribution >= 4 is 0 Å². The molecule has 1 N–H and O–H groups in total. The second-order valence-electron chi connectivity index (χ2n) is 5.02. The predicted octanol–water partition coefficient (Wildman–Crippen LogP) is 2.81. The lowest BCUT2D eigenvalue weighted by Crippen LogP contribution is -2.53. The zero-order valence-corrected chi connectivity index (χ0v) is 10.7. The van der Waals surface area contributed by atoms with Crippen molar-refractivity contribution in [2.75, 3.05) is 6.54 Å². The van der Waals surface area contributed by atoms with Gasteiger partial charge in [-0.15, -0.1) is 0 Å². The first-order chi connectivity index (χ1) is 8.31. The van der Waals surface area contributed by atoms with E-state index in [0.717, 1.165) is 32.4 Å². The van der Waals surface area contributed by atoms with Crippen molar-refractivity contribution in [3.05, 3.63) is 35.9 Å². The van der Waals surface area contributed by atoms with Gasteiger partial charge in [-0.25, -0.2) is 0 Å². The first kappa shape index (κ1) is 12.6. The van der Waals surface area contributed by atoms with Crippen molar-refractivity contribution in [1.82, 2.24) is 4.90 Å². The number of hydrogen-bond acceptors (Lipinski definition) is 2. The van der Waals surface area contributed by atoms with Crippen LogP contribution < -0.4 is 0 Å². The first-order valence-electron chi connectivity index (χ1n) is 6.77. The van der Waals surface area contributed by atoms with Crippen LogP contribution in [0.2, 0.25) is 0 Å². The van der Waals surface area contributed by atoms with Gasteiger partial charge in [0.2, 0.25) is 0 Å². The van der Waals surface area contributed by atoms with Gasteiger partial charge < -0.3 is 5.11 Å². The Balaban J connectivity index is 1.82. The van der Waals surface area contributed by atoms with Crippen molar-refractivity contribution in [2.24, 2.45) is 0 Å². The lowest BCUT2D eigenvalue weighted by molar-refractivity contribution is -0.0238. The summed E-state index contributed by atoms with van der Waals surface area (Å²) in [7, 11) is 0. The highest BCUT2D eigenvalue weighted by molar-refractivity contribution is 5.15. The van der Waals surface area contributed by atoms with Gasteiger partial charge in [0.05, 0.1) is 6.10 Å². The van der Waals surface area contributed by atoms with Crippen molar-refractivity contribution in [3.8, 4) is 0 Å². The third kappa shape index (κ3) is 3.30. The Kier molecular flexibility index (Phi) is 4.57. The third-order valence-electron chi connectivity index (χ3n) is 3.71. The van der Waals surface area contributed by atoms with E-state index in [1.54, 1.807) is 0 Å². The predicted molar refractivity (Wildman–Crippen MR) is 70.8 cm³/mol. The Hall–Kier alpha value is -0.860. The molecule has 1 fully saturated rings. The summed E-state index contributed by atoms with van der Waals surface area (Å²) in [5.41, 5.74) is 1.35. The first-order valence-corrected chi connectivity index (χ1v) is 6.77. The maximum atomic E-state index is 10.1. The molecular formula is C15H23NO. The molecule has 1 aromatic carbocycles. The van der Waals surface area contributed by atoms with Gasteiger partial charge in [-0.1, -0.05) is 50.1 Å². The number of aliphatic hydroxyl groups excluding tert-OH is 1. The van der Waals surface area contributed by atoms with Crippen LogP contribution in [0.3, 0.4) is 0 Å². The van der Waals surface area contributed by atoms with E-state index in [1.807, 2.05) is 6.07 Å². The van der Waals surface area contributed by atoms with Gasteiger partial charge in [-0.3, -0.25) is 4.90 Å². The van der Waals surface area contributed by atoms with Crippen LogP contribution in [0, 0.1) is 0 Å². The Labute approximate surface area is 104 Å². The molecule has 17 heavy (non-hydrogen) atoms. The molecule has 94 valence electrons. The molecule has 2 rings (SSSR count). The third-order valence-corrected chi connectivity index (χ3v) is 3.71. The summed E-state index contributed by atoms with van der Waals surface area (Å²) in [5.74, 6) is 0. The van der Waals surface area contributed by atoms with Gasteiger partial charge in [0, 0.05) is 19.1 Å². The maximum absolute atomic E-state index is 10.1. The van der Waals surface area contributed by atoms with Gasteiger partial charge in [-0.2, -0.15) is 0 Å². The van der Waals surface area contributed by atoms with Gasteiger partial charge >= 0.3 is 0 Å². The molecule has 2 nitrogen and oxygen atoms in total. The molecule has 0 aliphatic carbocycles. The molecule has 0 radical (unpaired) electrons. The molecule has 1 aliphatic rings. The van der Waals surface area contributed by atoms with E-state index < -0.39 is 0 Å². The minimum absolute atomic E-state index is 0.132. The minimum atomic E-state index is -0.132. The Morgan fingerprint density at radius 2 is 2.12 bits per heavy atom. The van der Waals surface area contributed by atoms with Crippen molar-refractivity contribution < 1.29 is 5.11 Å². The molecule has 0 aromatic heterocycles. The SMILES string of the molecule is CCCC[C@H](O)C1CCN1Cc1ccccc1. The molecule has 1 aromatic rings. The van der Waals surface area contributed by atoms with Crippen molar-refractivity contribution in [2.45, 2.75) is 51.3 Å². The second kappa shape index (κ2) is 6.18. The number of aliphatic hydroxyl groups is 1. The molecule has 0 bridgehead atoms. The molecule has 1 saturated heterocycles. The van der Waals surface area contributed by atoms with E-state index in [9.17, 15) is 5.11 Å². The molecule has 0 amide bonds. The average molecular weight is 233 g/mol. The second-order valence-corrected chi connectivity index (χ2v) is 5.02. The molecule has 0 spiro atoms. The fourth-order valence-corrected chi connectivity index (χ4v) is 2.52. The average Bonchev–Trinajstić information content (AvgIpc) is 2.33. The zero-order chi connectivity index (χ0) is 12.1. The number of rotatable bonds is 6. The zero-order valence-electron chi connectivity index (χ0n) is 10.7. The van der Waals surface area contributed by atoms with Gasteiger partial charge in [-0.05, 0) is 18.4 Å². The van der Waals surface area contributed by atoms with Crippen molar-refractivity contribution in [1.29, 1.82) is 0 Å². The standard InChI is InChI=1S/C15H23NO/c1-2-3-9-15(17)14-10-11-16(14)12-13-7-5-4-6-8-13/h4-8,14-15,17H,2-3,9-12H2,1H3/t14?,15-/m0/s1. The number of likely N-dealkylation sites (tertiary alicyclic amines) is 1. The molecular weight excluding hydrogens is 210 g/mol. The number of benzene rings is 1. The molecule has 0 saturated carbocycles. The van der Waals surface area contributed by atoms with E-state index in [-0.39, 0.29) is 6.10 Å². The molecule has 1 aliphatic heterocycles. The van der Waals surface area contributed by atoms with Crippen LogP contribution >= 0.6 is 0 Å². The lowest BCUT2D eigenvalue weighted by Gasteiger charge is -2.43. The molecule has 1 unspecified atom stereocenters. The lowest BCUT2D eigenvalue weighted by atomic mass is 9.93. The smallest absolute Gasteiger partial charge is 0.0696 e. The van der Waals surface area contributed by atoms with E-state index in [4.69, 9.17) is 0 Å². The van der Waals surface area contributed by atoms with Crippen LogP contribution in [0.25, 0.3) is 0 Å². The highest BCUT2D eigenvalue weighted by atomic mass is 16.3. The fraction of sp³-hybridized carbons (Fsp3) is 0.600. The number of hydrogen-bond donors (Lipinski definition) is 1. The maximum Gasteiger partial charge on any atom is 0.0696 e. The quantitative estimate of drug-likeness (QED) is 0.816. The number of unbranched alkanes of at least 4 members (excludes halogenated alkanes) is 1. The molecule has 2 atom stereocenters. The van der Waals surface area contributed by atoms with E-state index >= 15 is 0 Å². The van der Waals surface area contributed by atoms with Gasteiger partial charge in [0.15, 0.2) is 0 Å². The summed E-state index contributed by atoms with van der Waals surface area (Å²) in [6.07, 6.45) is 4.27. The summed E-state index contributed by atoms with van der Waals surface area (Å²) in [6.45, 7) is 4.28. The van der Waals surface area contributed by atoms with Crippen LogP contribution in [0.1, 0.15) is 38.2 Å². The summed E-state index contributed by atoms with van der Waals surface area (Å²) in [6, 6.07) is 10.9. The summed E-state index contributed by atoms with van der Waals surface area (Å²) >= 11 is 0. The van der Waals surface area contributed by atoms with Crippen LogP contribution in [0.5, 0.6) is 0 Å². The molecule has 2 heteroatoms. The molecule has 1 heterocycles. The summed E-state index contributed by atoms with van der Waals surface area (Å²) in [4.78, 5) is 2.40. The Morgan fingerprint density at radius 1 is 1.35 bits per heavy atom. The summed E-state index contributed by atoms with van der Waals surface area (Å²) < 4.78 is 0. The Bertz CT molecular complexity index is 325. The number of nitrogens with zero attached hydrogens (tertiary/aromatic N) is 1. The van der Waals surface area contributed by atoms with Crippen LogP contribution in [-0.4, -0.2) is 28.7 Å². The van der Waals surface area contributed by atoms with Crippen LogP contribution in [0.15, 0.2) is 30.3 Å². The van der Waals surface area contributed by atoms with E-state index in [0.29, 0.717) is 6.04 Å². The van der Waals surface area contributed by atoms with Gasteiger partial charge in [0.1, 0.15) is 0 Å². The van der Waals surface area contributed by atoms with Gasteiger partial charge in [0.25, 0.3) is 0 Å². The normalized spacial score (nSPS) is 22.1. The summed E-state index contributed by atoms with van der Waals surface area (Å²) in [5, 5.41) is 10.1. The highest BCUT2D eigenvalue weighted by Gasteiger charge is 2.33. The largest absolute Gasteiger partial charge is 0.391 e.